The second kappa shape index (κ2) is 4.22. The van der Waals surface area contributed by atoms with Crippen molar-refractivity contribution < 1.29 is 14.6 Å². The molecular weight excluding hydrogens is 260 g/mol. The van der Waals surface area contributed by atoms with Crippen molar-refractivity contribution in [2.45, 2.75) is 12.2 Å². The molecule has 1 heterocycles. The van der Waals surface area contributed by atoms with Gasteiger partial charge >= 0.3 is 0 Å². The van der Waals surface area contributed by atoms with E-state index in [1.807, 2.05) is 18.2 Å². The summed E-state index contributed by atoms with van der Waals surface area (Å²) in [6.07, 6.45) is 0. The molecule has 1 aliphatic rings. The zero-order valence-corrected chi connectivity index (χ0v) is 10.1. The molecule has 0 saturated carbocycles. The summed E-state index contributed by atoms with van der Waals surface area (Å²) in [5, 5.41) is 10.1. The first-order valence-corrected chi connectivity index (χ1v) is 5.52. The lowest BCUT2D eigenvalue weighted by Crippen LogP contribution is -2.46. The monoisotopic (exact) mass is 272 g/mol. The van der Waals surface area contributed by atoms with Gasteiger partial charge in [0.1, 0.15) is 5.60 Å². The summed E-state index contributed by atoms with van der Waals surface area (Å²) in [5.41, 5.74) is 1.11. The molecule has 0 unspecified atom stereocenters. The second-order valence-electron chi connectivity index (χ2n) is 3.81. The molecule has 1 fully saturated rings. The van der Waals surface area contributed by atoms with Crippen LogP contribution in [-0.4, -0.2) is 25.4 Å². The summed E-state index contributed by atoms with van der Waals surface area (Å²) in [4.78, 5) is 0. The van der Waals surface area contributed by atoms with Gasteiger partial charge in [-0.2, -0.15) is 0 Å². The smallest absolute Gasteiger partial charge is 0.136 e. The van der Waals surface area contributed by atoms with Crippen molar-refractivity contribution in [1.82, 2.24) is 0 Å². The van der Waals surface area contributed by atoms with E-state index in [0.717, 1.165) is 15.6 Å². The average Bonchev–Trinajstić information content (AvgIpc) is 2.14. The highest BCUT2D eigenvalue weighted by Gasteiger charge is 2.38. The van der Waals surface area contributed by atoms with E-state index >= 15 is 0 Å². The minimum absolute atomic E-state index is 0.371. The minimum atomic E-state index is -0.813. The molecule has 0 aromatic heterocycles. The van der Waals surface area contributed by atoms with Gasteiger partial charge in [0.15, 0.2) is 0 Å². The van der Waals surface area contributed by atoms with Crippen LogP contribution in [0.15, 0.2) is 22.7 Å². The van der Waals surface area contributed by atoms with Crippen LogP contribution in [0.5, 0.6) is 0 Å². The van der Waals surface area contributed by atoms with Gasteiger partial charge in [-0.25, -0.2) is 0 Å². The summed E-state index contributed by atoms with van der Waals surface area (Å²) in [6.45, 7) is 1.29. The number of methoxy groups -OCH3 is 1. The zero-order valence-electron chi connectivity index (χ0n) is 8.50. The standard InChI is InChI=1S/C11H13BrO3/c1-14-5-8-2-9(4-10(12)3-8)11(13)6-15-7-11/h2-4,13H,5-7H2,1H3. The van der Waals surface area contributed by atoms with E-state index in [9.17, 15) is 5.11 Å². The van der Waals surface area contributed by atoms with Gasteiger partial charge in [0.25, 0.3) is 0 Å². The van der Waals surface area contributed by atoms with E-state index in [1.54, 1.807) is 7.11 Å². The Morgan fingerprint density at radius 3 is 2.73 bits per heavy atom. The van der Waals surface area contributed by atoms with Crippen molar-refractivity contribution >= 4 is 15.9 Å². The van der Waals surface area contributed by atoms with Crippen molar-refractivity contribution in [2.75, 3.05) is 20.3 Å². The number of hydrogen-bond donors (Lipinski definition) is 1. The second-order valence-corrected chi connectivity index (χ2v) is 4.72. The predicted octanol–water partition coefficient (Wildman–Crippen LogP) is 1.81. The molecule has 0 spiro atoms. The van der Waals surface area contributed by atoms with Crippen molar-refractivity contribution in [2.24, 2.45) is 0 Å². The van der Waals surface area contributed by atoms with Crippen LogP contribution in [-0.2, 0) is 21.7 Å². The van der Waals surface area contributed by atoms with Crippen LogP contribution >= 0.6 is 15.9 Å². The topological polar surface area (TPSA) is 38.7 Å². The molecule has 0 radical (unpaired) electrons. The molecule has 1 aromatic carbocycles. The van der Waals surface area contributed by atoms with Crippen molar-refractivity contribution in [3.05, 3.63) is 33.8 Å². The van der Waals surface area contributed by atoms with Gasteiger partial charge in [0.05, 0.1) is 19.8 Å². The van der Waals surface area contributed by atoms with Crippen molar-refractivity contribution in [3.63, 3.8) is 0 Å². The molecule has 2 rings (SSSR count). The SMILES string of the molecule is COCc1cc(Br)cc(C2(O)COC2)c1. The van der Waals surface area contributed by atoms with E-state index in [4.69, 9.17) is 9.47 Å². The number of benzene rings is 1. The maximum absolute atomic E-state index is 10.1. The molecule has 15 heavy (non-hydrogen) atoms. The first-order chi connectivity index (χ1) is 7.14. The molecule has 0 bridgehead atoms. The third-order valence-electron chi connectivity index (χ3n) is 2.49. The van der Waals surface area contributed by atoms with Crippen LogP contribution in [0, 0.1) is 0 Å². The summed E-state index contributed by atoms with van der Waals surface area (Å²) in [6, 6.07) is 5.86. The van der Waals surface area contributed by atoms with Crippen LogP contribution in [0.1, 0.15) is 11.1 Å². The third kappa shape index (κ3) is 2.23. The minimum Gasteiger partial charge on any atom is -0.380 e. The van der Waals surface area contributed by atoms with Crippen molar-refractivity contribution in [1.29, 1.82) is 0 Å². The van der Waals surface area contributed by atoms with Gasteiger partial charge < -0.3 is 14.6 Å². The van der Waals surface area contributed by atoms with Gasteiger partial charge in [-0.3, -0.25) is 0 Å². The fourth-order valence-corrected chi connectivity index (χ4v) is 2.17. The van der Waals surface area contributed by atoms with Crippen LogP contribution in [0.25, 0.3) is 0 Å². The number of rotatable bonds is 3. The van der Waals surface area contributed by atoms with Gasteiger partial charge in [0, 0.05) is 11.6 Å². The van der Waals surface area contributed by atoms with Gasteiger partial charge in [0.2, 0.25) is 0 Å². The molecule has 4 heteroatoms. The predicted molar refractivity (Wildman–Crippen MR) is 59.6 cm³/mol. The molecule has 82 valence electrons. The Hall–Kier alpha value is -0.420. The maximum atomic E-state index is 10.1. The summed E-state index contributed by atoms with van der Waals surface area (Å²) >= 11 is 3.42. The van der Waals surface area contributed by atoms with Crippen LogP contribution in [0.4, 0.5) is 0 Å². The molecule has 0 aliphatic carbocycles. The zero-order chi connectivity index (χ0) is 10.9. The normalized spacial score (nSPS) is 18.6. The Kier molecular flexibility index (Phi) is 3.11. The third-order valence-corrected chi connectivity index (χ3v) is 2.95. The number of aliphatic hydroxyl groups is 1. The van der Waals surface area contributed by atoms with E-state index in [-0.39, 0.29) is 0 Å². The lowest BCUT2D eigenvalue weighted by atomic mass is 9.91. The van der Waals surface area contributed by atoms with Gasteiger partial charge in [-0.05, 0) is 23.3 Å². The quantitative estimate of drug-likeness (QED) is 0.912. The van der Waals surface area contributed by atoms with E-state index in [0.29, 0.717) is 19.8 Å². The Bertz CT molecular complexity index is 361. The highest BCUT2D eigenvalue weighted by Crippen LogP contribution is 2.31. The summed E-state index contributed by atoms with van der Waals surface area (Å²) in [7, 11) is 1.65. The average molecular weight is 273 g/mol. The van der Waals surface area contributed by atoms with E-state index in [2.05, 4.69) is 15.9 Å². The van der Waals surface area contributed by atoms with Gasteiger partial charge in [-0.1, -0.05) is 22.0 Å². The fraction of sp³-hybridized carbons (Fsp3) is 0.455. The molecular formula is C11H13BrO3. The molecule has 1 aliphatic heterocycles. The first-order valence-electron chi connectivity index (χ1n) is 4.73. The molecule has 0 amide bonds. The first kappa shape index (κ1) is 11.1. The number of ether oxygens (including phenoxy) is 2. The Morgan fingerprint density at radius 1 is 1.47 bits per heavy atom. The molecule has 1 aromatic rings. The highest BCUT2D eigenvalue weighted by atomic mass is 79.9. The van der Waals surface area contributed by atoms with Crippen LogP contribution in [0.3, 0.4) is 0 Å². The Balaban J connectivity index is 2.30. The number of halogens is 1. The molecule has 1 N–H and O–H groups in total. The lowest BCUT2D eigenvalue weighted by molar-refractivity contribution is -0.184. The fourth-order valence-electron chi connectivity index (χ4n) is 1.63. The maximum Gasteiger partial charge on any atom is 0.136 e. The van der Waals surface area contributed by atoms with Crippen molar-refractivity contribution in [3.8, 4) is 0 Å². The summed E-state index contributed by atoms with van der Waals surface area (Å²) < 4.78 is 11.1. The highest BCUT2D eigenvalue weighted by molar-refractivity contribution is 9.10. The molecule has 0 atom stereocenters. The van der Waals surface area contributed by atoms with Crippen LogP contribution in [0.2, 0.25) is 0 Å². The Labute approximate surface area is 97.1 Å². The largest absolute Gasteiger partial charge is 0.380 e. The number of hydrogen-bond acceptors (Lipinski definition) is 3. The lowest BCUT2D eigenvalue weighted by Gasteiger charge is -2.37. The van der Waals surface area contributed by atoms with Gasteiger partial charge in [-0.15, -0.1) is 0 Å². The molecule has 3 nitrogen and oxygen atoms in total. The van der Waals surface area contributed by atoms with Crippen LogP contribution < -0.4 is 0 Å². The van der Waals surface area contributed by atoms with E-state index < -0.39 is 5.60 Å². The summed E-state index contributed by atoms with van der Waals surface area (Å²) in [5.74, 6) is 0. The van der Waals surface area contributed by atoms with E-state index in [1.165, 1.54) is 0 Å². The molecule has 1 saturated heterocycles. The Morgan fingerprint density at radius 2 is 2.20 bits per heavy atom.